The molecule has 11 heteroatoms. The average molecular weight is 493 g/mol. The summed E-state index contributed by atoms with van der Waals surface area (Å²) in [6, 6.07) is 1.95. The maximum Gasteiger partial charge on any atom is 0.252 e. The van der Waals surface area contributed by atoms with E-state index < -0.39 is 61.5 Å². The molecule has 4 N–H and O–H groups in total. The van der Waals surface area contributed by atoms with Crippen LogP contribution in [-0.4, -0.2) is 40.9 Å². The van der Waals surface area contributed by atoms with Crippen LogP contribution in [0.5, 0.6) is 0 Å². The first kappa shape index (κ1) is 26.3. The van der Waals surface area contributed by atoms with E-state index in [0.29, 0.717) is 0 Å². The van der Waals surface area contributed by atoms with Gasteiger partial charge in [0.2, 0.25) is 11.8 Å². The van der Waals surface area contributed by atoms with Gasteiger partial charge in [-0.3, -0.25) is 9.18 Å². The number of fused-ring (bicyclic) bond motifs is 1. The first-order valence-electron chi connectivity index (χ1n) is 11.4. The highest BCUT2D eigenvalue weighted by Crippen LogP contribution is 2.40. The third kappa shape index (κ3) is 6.64. The van der Waals surface area contributed by atoms with Crippen LogP contribution in [0.15, 0.2) is 12.1 Å². The number of carbonyl (C=O) groups excluding carboxylic acids is 1. The molecule has 1 amide bonds. The molecule has 1 heterocycles. The van der Waals surface area contributed by atoms with E-state index in [9.17, 15) is 31.1 Å². The zero-order valence-electron chi connectivity index (χ0n) is 19.0. The number of aromatic amines is 1. The lowest BCUT2D eigenvalue weighted by Crippen LogP contribution is -2.31. The third-order valence-electron chi connectivity index (χ3n) is 6.35. The average Bonchev–Trinajstić information content (AvgIpc) is 3.22. The first-order valence-corrected chi connectivity index (χ1v) is 11.4. The van der Waals surface area contributed by atoms with Crippen molar-refractivity contribution in [3.8, 4) is 0 Å². The number of nitrogens with zero attached hydrogens (tertiary/aromatic N) is 1. The molecular formula is C23H30F6N4O. The fourth-order valence-corrected chi connectivity index (χ4v) is 4.14. The maximum atomic E-state index is 15.0. The molecule has 1 aromatic carbocycles. The normalized spacial score (nSPS) is 18.7. The van der Waals surface area contributed by atoms with Crippen molar-refractivity contribution in [3.63, 3.8) is 0 Å². The SMILES string of the molecule is C[C@H](CF)CNC(=O)CCC(F)(F)Cc1ccc2[nH]c([C@@H](N)C3CCC(F)(F)CC3)nc2c1F. The van der Waals surface area contributed by atoms with Crippen LogP contribution < -0.4 is 11.1 Å². The monoisotopic (exact) mass is 492 g/mol. The number of carbonyl (C=O) groups is 1. The zero-order valence-corrected chi connectivity index (χ0v) is 19.0. The number of imidazole rings is 1. The van der Waals surface area contributed by atoms with Gasteiger partial charge in [-0.2, -0.15) is 0 Å². The molecule has 0 unspecified atom stereocenters. The minimum absolute atomic E-state index is 0.0547. The van der Waals surface area contributed by atoms with E-state index >= 15 is 0 Å². The Morgan fingerprint density at radius 2 is 2.00 bits per heavy atom. The van der Waals surface area contributed by atoms with E-state index in [1.807, 2.05) is 0 Å². The van der Waals surface area contributed by atoms with Crippen molar-refractivity contribution in [1.82, 2.24) is 15.3 Å². The summed E-state index contributed by atoms with van der Waals surface area (Å²) < 4.78 is 83.1. The highest BCUT2D eigenvalue weighted by atomic mass is 19.3. The Hall–Kier alpha value is -2.30. The van der Waals surface area contributed by atoms with Gasteiger partial charge in [0.15, 0.2) is 5.82 Å². The summed E-state index contributed by atoms with van der Waals surface area (Å²) in [5.74, 6) is -8.01. The zero-order chi connectivity index (χ0) is 25.1. The van der Waals surface area contributed by atoms with Crippen LogP contribution >= 0.6 is 0 Å². The van der Waals surface area contributed by atoms with Crippen LogP contribution in [0.3, 0.4) is 0 Å². The van der Waals surface area contributed by atoms with E-state index in [1.165, 1.54) is 12.1 Å². The highest BCUT2D eigenvalue weighted by molar-refractivity contribution is 5.77. The largest absolute Gasteiger partial charge is 0.356 e. The minimum Gasteiger partial charge on any atom is -0.356 e. The molecule has 5 nitrogen and oxygen atoms in total. The molecule has 0 saturated heterocycles. The summed E-state index contributed by atoms with van der Waals surface area (Å²) in [5.41, 5.74) is 6.07. The van der Waals surface area contributed by atoms with Gasteiger partial charge in [-0.15, -0.1) is 0 Å². The van der Waals surface area contributed by atoms with Crippen molar-refractivity contribution in [2.24, 2.45) is 17.6 Å². The smallest absolute Gasteiger partial charge is 0.252 e. The summed E-state index contributed by atoms with van der Waals surface area (Å²) in [7, 11) is 0. The molecule has 2 aromatic rings. The number of aromatic nitrogens is 2. The van der Waals surface area contributed by atoms with Crippen molar-refractivity contribution >= 4 is 16.9 Å². The van der Waals surface area contributed by atoms with E-state index in [-0.39, 0.29) is 60.6 Å². The summed E-state index contributed by atoms with van der Waals surface area (Å²) in [6.07, 6.45) is -2.30. The predicted molar refractivity (Wildman–Crippen MR) is 116 cm³/mol. The molecule has 0 spiro atoms. The lowest BCUT2D eigenvalue weighted by molar-refractivity contribution is -0.123. The lowest BCUT2D eigenvalue weighted by atomic mass is 9.82. The molecule has 1 aliphatic rings. The first-order chi connectivity index (χ1) is 15.9. The van der Waals surface area contributed by atoms with Gasteiger partial charge in [-0.05, 0) is 30.4 Å². The predicted octanol–water partition coefficient (Wildman–Crippen LogP) is 5.21. The van der Waals surface area contributed by atoms with Gasteiger partial charge >= 0.3 is 0 Å². The number of hydrogen-bond donors (Lipinski definition) is 3. The lowest BCUT2D eigenvalue weighted by Gasteiger charge is -2.31. The Kier molecular flexibility index (Phi) is 8.15. The second kappa shape index (κ2) is 10.5. The Labute approximate surface area is 193 Å². The van der Waals surface area contributed by atoms with E-state index in [0.717, 1.165) is 0 Å². The number of nitrogens with two attached hydrogens (primary N) is 1. The number of amides is 1. The highest BCUT2D eigenvalue weighted by Gasteiger charge is 2.38. The number of hydrogen-bond acceptors (Lipinski definition) is 3. The number of nitrogens with one attached hydrogen (secondary N) is 2. The fourth-order valence-electron chi connectivity index (χ4n) is 4.14. The number of H-pyrrole nitrogens is 1. The van der Waals surface area contributed by atoms with Gasteiger partial charge in [0.1, 0.15) is 11.3 Å². The molecule has 1 aromatic heterocycles. The number of benzene rings is 1. The molecule has 34 heavy (non-hydrogen) atoms. The number of halogens is 6. The standard InChI is InChI=1S/C23H30F6N4O/c1-13(11-24)12-31-17(34)6-9-23(28,29)10-15-2-3-16-20(18(15)25)33-21(32-16)19(30)14-4-7-22(26,27)8-5-14/h2-3,13-14,19H,4-12,30H2,1H3,(H,31,34)(H,32,33)/t13-,19+/m1/s1. The number of rotatable bonds is 10. The van der Waals surface area contributed by atoms with Gasteiger partial charge in [-0.25, -0.2) is 26.9 Å². The van der Waals surface area contributed by atoms with Crippen LogP contribution in [0.4, 0.5) is 26.3 Å². The van der Waals surface area contributed by atoms with Crippen LogP contribution in [0.25, 0.3) is 11.0 Å². The van der Waals surface area contributed by atoms with Gasteiger partial charge in [0, 0.05) is 44.6 Å². The molecule has 0 radical (unpaired) electrons. The van der Waals surface area contributed by atoms with E-state index in [2.05, 4.69) is 15.3 Å². The Morgan fingerprint density at radius 1 is 1.32 bits per heavy atom. The van der Waals surface area contributed by atoms with Gasteiger partial charge in [-0.1, -0.05) is 13.0 Å². The summed E-state index contributed by atoms with van der Waals surface area (Å²) in [6.45, 7) is 1.00. The van der Waals surface area contributed by atoms with Gasteiger partial charge < -0.3 is 16.0 Å². The maximum absolute atomic E-state index is 15.0. The topological polar surface area (TPSA) is 83.8 Å². The van der Waals surface area contributed by atoms with Crippen molar-refractivity contribution in [1.29, 1.82) is 0 Å². The van der Waals surface area contributed by atoms with Crippen molar-refractivity contribution in [3.05, 3.63) is 29.3 Å². The molecular weight excluding hydrogens is 462 g/mol. The molecule has 0 aliphatic heterocycles. The Morgan fingerprint density at radius 3 is 2.65 bits per heavy atom. The summed E-state index contributed by atoms with van der Waals surface area (Å²) >= 11 is 0. The molecule has 190 valence electrons. The minimum atomic E-state index is -3.35. The van der Waals surface area contributed by atoms with Crippen molar-refractivity contribution in [2.75, 3.05) is 13.2 Å². The summed E-state index contributed by atoms with van der Waals surface area (Å²) in [4.78, 5) is 18.8. The number of alkyl halides is 5. The van der Waals surface area contributed by atoms with Gasteiger partial charge in [0.05, 0.1) is 18.2 Å². The van der Waals surface area contributed by atoms with E-state index in [4.69, 9.17) is 5.73 Å². The molecule has 1 fully saturated rings. The second-order valence-electron chi connectivity index (χ2n) is 9.37. The van der Waals surface area contributed by atoms with Crippen molar-refractivity contribution in [2.45, 2.75) is 69.8 Å². The molecule has 0 bridgehead atoms. The van der Waals surface area contributed by atoms with E-state index in [1.54, 1.807) is 6.92 Å². The Balaban J connectivity index is 1.65. The summed E-state index contributed by atoms with van der Waals surface area (Å²) in [5, 5.41) is 2.40. The van der Waals surface area contributed by atoms with Gasteiger partial charge in [0.25, 0.3) is 5.92 Å². The van der Waals surface area contributed by atoms with Crippen LogP contribution in [0, 0.1) is 17.7 Å². The van der Waals surface area contributed by atoms with Crippen LogP contribution in [0.1, 0.15) is 62.9 Å². The molecule has 1 aliphatic carbocycles. The Bertz CT molecular complexity index is 985. The molecule has 3 rings (SSSR count). The third-order valence-corrected chi connectivity index (χ3v) is 6.35. The van der Waals surface area contributed by atoms with Crippen molar-refractivity contribution < 1.29 is 31.1 Å². The van der Waals surface area contributed by atoms with Crippen LogP contribution in [-0.2, 0) is 11.2 Å². The second-order valence-corrected chi connectivity index (χ2v) is 9.37. The molecule has 1 saturated carbocycles. The molecule has 2 atom stereocenters. The quantitative estimate of drug-likeness (QED) is 0.399. The fraction of sp³-hybridized carbons (Fsp3) is 0.652. The van der Waals surface area contributed by atoms with Crippen LogP contribution in [0.2, 0.25) is 0 Å².